The summed E-state index contributed by atoms with van der Waals surface area (Å²) in [6, 6.07) is 0. The fourth-order valence-electron chi connectivity index (χ4n) is 3.11. The van der Waals surface area contributed by atoms with E-state index in [0.717, 1.165) is 4.34 Å². The van der Waals surface area contributed by atoms with Crippen LogP contribution in [0.2, 0.25) is 0 Å². The SMILES string of the molecule is Cc1nccn1P(=O)(O)OC[C@H]1O[C@@H](n2cnc3c(N)nc(N)nc32)[C@H](O)[C@@H]1O. The zero-order valence-electron chi connectivity index (χ0n) is 15.1. The molecule has 29 heavy (non-hydrogen) atoms. The van der Waals surface area contributed by atoms with Gasteiger partial charge in [-0.3, -0.25) is 9.09 Å². The lowest BCUT2D eigenvalue weighted by atomic mass is 10.1. The van der Waals surface area contributed by atoms with Crippen LogP contribution in [-0.4, -0.2) is 68.9 Å². The van der Waals surface area contributed by atoms with Gasteiger partial charge in [0.1, 0.15) is 29.7 Å². The first-order valence-corrected chi connectivity index (χ1v) is 9.97. The van der Waals surface area contributed by atoms with Gasteiger partial charge in [-0.25, -0.2) is 18.9 Å². The first-order valence-electron chi connectivity index (χ1n) is 8.44. The van der Waals surface area contributed by atoms with Gasteiger partial charge in [-0.15, -0.1) is 0 Å². The van der Waals surface area contributed by atoms with E-state index in [2.05, 4.69) is 19.9 Å². The lowest BCUT2D eigenvalue weighted by molar-refractivity contribution is -0.0487. The summed E-state index contributed by atoms with van der Waals surface area (Å²) in [5, 5.41) is 20.8. The Kier molecular flexibility index (Phi) is 4.77. The number of anilines is 2. The summed E-state index contributed by atoms with van der Waals surface area (Å²) in [5.74, 6) is 0.235. The summed E-state index contributed by atoms with van der Waals surface area (Å²) >= 11 is 0. The van der Waals surface area contributed by atoms with Crippen LogP contribution in [0.15, 0.2) is 18.7 Å². The van der Waals surface area contributed by atoms with Crippen LogP contribution in [0, 0.1) is 6.92 Å². The Morgan fingerprint density at radius 1 is 1.28 bits per heavy atom. The van der Waals surface area contributed by atoms with Gasteiger partial charge in [0.05, 0.1) is 12.9 Å². The van der Waals surface area contributed by atoms with Crippen molar-refractivity contribution in [2.24, 2.45) is 0 Å². The average Bonchev–Trinajstić information content (AvgIpc) is 3.33. The fourth-order valence-corrected chi connectivity index (χ4v) is 4.22. The number of ether oxygens (including phenoxy) is 1. The number of aliphatic hydroxyl groups is 2. The molecule has 0 radical (unpaired) electrons. The molecule has 1 aliphatic heterocycles. The van der Waals surface area contributed by atoms with Gasteiger partial charge in [-0.1, -0.05) is 0 Å². The number of hydrogen-bond acceptors (Lipinski definition) is 11. The van der Waals surface area contributed by atoms with E-state index in [1.807, 2.05) is 0 Å². The molecule has 1 unspecified atom stereocenters. The highest BCUT2D eigenvalue weighted by atomic mass is 31.2. The third-order valence-electron chi connectivity index (χ3n) is 4.56. The van der Waals surface area contributed by atoms with Gasteiger partial charge in [0, 0.05) is 12.4 Å². The minimum absolute atomic E-state index is 0.0519. The molecule has 1 fully saturated rings. The number of aliphatic hydroxyl groups excluding tert-OH is 2. The van der Waals surface area contributed by atoms with Gasteiger partial charge in [-0.2, -0.15) is 9.97 Å². The van der Waals surface area contributed by atoms with E-state index in [9.17, 15) is 19.7 Å². The molecule has 15 heteroatoms. The van der Waals surface area contributed by atoms with Crippen molar-refractivity contribution in [3.63, 3.8) is 0 Å². The van der Waals surface area contributed by atoms with Crippen molar-refractivity contribution in [3.8, 4) is 0 Å². The standard InChI is InChI=1S/C14H19N8O6P/c1-6-17-2-3-22(6)29(25,26)27-4-7-9(23)10(24)13(28-7)21-5-18-8-11(15)19-14(16)20-12(8)21/h2-3,5,7,9-10,13,23-24H,4H2,1H3,(H,25,26)(H4,15,16,19,20)/t7-,9-,10-,13-/m1/s1. The van der Waals surface area contributed by atoms with Gasteiger partial charge in [0.25, 0.3) is 0 Å². The van der Waals surface area contributed by atoms with Gasteiger partial charge >= 0.3 is 7.75 Å². The third kappa shape index (κ3) is 3.35. The van der Waals surface area contributed by atoms with E-state index in [0.29, 0.717) is 0 Å². The van der Waals surface area contributed by atoms with E-state index in [-0.39, 0.29) is 28.8 Å². The normalized spacial score (nSPS) is 26.8. The Hall–Kier alpha value is -2.61. The topological polar surface area (TPSA) is 210 Å². The first-order chi connectivity index (χ1) is 13.7. The van der Waals surface area contributed by atoms with Gasteiger partial charge in [0.15, 0.2) is 17.7 Å². The monoisotopic (exact) mass is 426 g/mol. The van der Waals surface area contributed by atoms with Crippen LogP contribution in [0.4, 0.5) is 11.8 Å². The highest BCUT2D eigenvalue weighted by Gasteiger charge is 2.45. The number of aryl methyl sites for hydroxylation is 1. The average molecular weight is 426 g/mol. The Bertz CT molecular complexity index is 1100. The van der Waals surface area contributed by atoms with Crippen molar-refractivity contribution in [1.29, 1.82) is 0 Å². The molecule has 3 aromatic heterocycles. The molecule has 0 amide bonds. The van der Waals surface area contributed by atoms with Crippen molar-refractivity contribution in [1.82, 2.24) is 28.8 Å². The van der Waals surface area contributed by atoms with Gasteiger partial charge < -0.3 is 31.3 Å². The minimum atomic E-state index is -4.26. The number of nitrogens with zero attached hydrogens (tertiary/aromatic N) is 6. The smallest absolute Gasteiger partial charge is 0.387 e. The van der Waals surface area contributed by atoms with Crippen LogP contribution in [0.1, 0.15) is 12.1 Å². The van der Waals surface area contributed by atoms with Crippen LogP contribution in [-0.2, 0) is 13.8 Å². The van der Waals surface area contributed by atoms with E-state index >= 15 is 0 Å². The molecule has 3 aromatic rings. The van der Waals surface area contributed by atoms with Crippen LogP contribution >= 0.6 is 7.75 Å². The number of fused-ring (bicyclic) bond motifs is 1. The molecule has 0 bridgehead atoms. The quantitative estimate of drug-likeness (QED) is 0.304. The molecular weight excluding hydrogens is 407 g/mol. The lowest BCUT2D eigenvalue weighted by Gasteiger charge is -2.18. The predicted octanol–water partition coefficient (Wildman–Crippen LogP) is -1.22. The van der Waals surface area contributed by atoms with E-state index in [4.69, 9.17) is 20.7 Å². The van der Waals surface area contributed by atoms with E-state index in [1.165, 1.54) is 30.2 Å². The summed E-state index contributed by atoms with van der Waals surface area (Å²) in [4.78, 5) is 25.9. The molecular formula is C14H19N8O6P. The van der Waals surface area contributed by atoms with Crippen molar-refractivity contribution in [2.45, 2.75) is 31.5 Å². The molecule has 7 N–H and O–H groups in total. The Morgan fingerprint density at radius 3 is 2.72 bits per heavy atom. The number of hydrogen-bond donors (Lipinski definition) is 5. The maximum Gasteiger partial charge on any atom is 0.437 e. The molecule has 156 valence electrons. The van der Waals surface area contributed by atoms with Crippen LogP contribution in [0.3, 0.4) is 0 Å². The summed E-state index contributed by atoms with van der Waals surface area (Å²) in [5.41, 5.74) is 11.8. The maximum absolute atomic E-state index is 12.4. The number of imidazole rings is 2. The van der Waals surface area contributed by atoms with Crippen LogP contribution < -0.4 is 11.5 Å². The minimum Gasteiger partial charge on any atom is -0.387 e. The summed E-state index contributed by atoms with van der Waals surface area (Å²) < 4.78 is 25.5. The molecule has 5 atom stereocenters. The maximum atomic E-state index is 12.4. The molecule has 14 nitrogen and oxygen atoms in total. The van der Waals surface area contributed by atoms with Crippen LogP contribution in [0.5, 0.6) is 0 Å². The molecule has 1 aliphatic rings. The van der Waals surface area contributed by atoms with E-state index in [1.54, 1.807) is 0 Å². The third-order valence-corrected chi connectivity index (χ3v) is 6.01. The molecule has 1 saturated heterocycles. The Labute approximate surface area is 163 Å². The second-order valence-electron chi connectivity index (χ2n) is 6.44. The Balaban J connectivity index is 1.55. The number of aromatic nitrogens is 6. The molecule has 0 aliphatic carbocycles. The highest BCUT2D eigenvalue weighted by molar-refractivity contribution is 7.51. The largest absolute Gasteiger partial charge is 0.437 e. The number of rotatable bonds is 5. The molecule has 0 aromatic carbocycles. The molecule has 0 saturated carbocycles. The fraction of sp³-hybridized carbons (Fsp3) is 0.429. The van der Waals surface area contributed by atoms with Crippen molar-refractivity contribution in [2.75, 3.05) is 18.1 Å². The van der Waals surface area contributed by atoms with Crippen molar-refractivity contribution < 1.29 is 28.9 Å². The number of nitrogen functional groups attached to an aromatic ring is 2. The van der Waals surface area contributed by atoms with Gasteiger partial charge in [-0.05, 0) is 6.92 Å². The van der Waals surface area contributed by atoms with E-state index < -0.39 is 38.9 Å². The number of nitrogens with two attached hydrogens (primary N) is 2. The predicted molar refractivity (Wildman–Crippen MR) is 98.2 cm³/mol. The first kappa shape index (κ1) is 19.7. The Morgan fingerprint density at radius 2 is 2.03 bits per heavy atom. The second kappa shape index (κ2) is 7.02. The zero-order chi connectivity index (χ0) is 20.9. The van der Waals surface area contributed by atoms with Crippen molar-refractivity contribution in [3.05, 3.63) is 24.5 Å². The molecule has 4 heterocycles. The van der Waals surface area contributed by atoms with Gasteiger partial charge in [0.2, 0.25) is 5.95 Å². The van der Waals surface area contributed by atoms with Crippen LogP contribution in [0.25, 0.3) is 11.2 Å². The lowest BCUT2D eigenvalue weighted by Crippen LogP contribution is -2.33. The van der Waals surface area contributed by atoms with Crippen molar-refractivity contribution >= 4 is 30.7 Å². The highest BCUT2D eigenvalue weighted by Crippen LogP contribution is 2.45. The molecule has 4 rings (SSSR count). The summed E-state index contributed by atoms with van der Waals surface area (Å²) in [7, 11) is -4.26. The molecule has 0 spiro atoms. The summed E-state index contributed by atoms with van der Waals surface area (Å²) in [6.45, 7) is 1.07. The summed E-state index contributed by atoms with van der Waals surface area (Å²) in [6.07, 6.45) is -1.05. The second-order valence-corrected chi connectivity index (χ2v) is 8.11. The zero-order valence-corrected chi connectivity index (χ0v) is 16.0.